The fraction of sp³-hybridized carbons (Fsp3) is 0.381. The molecule has 1 aliphatic heterocycles. The SMILES string of the molecule is Cc1ccc2c(c1C(F)(F)F)[C@@H]1CCC[C@@H]1[C@H](c1ccc(C(=O)O)cc1)N2. The molecule has 1 fully saturated rings. The number of halogens is 3. The maximum Gasteiger partial charge on any atom is 0.417 e. The molecule has 0 aromatic heterocycles. The van der Waals surface area contributed by atoms with Crippen LogP contribution in [0.5, 0.6) is 0 Å². The Morgan fingerprint density at radius 1 is 1.11 bits per heavy atom. The number of carboxylic acid groups (broad SMARTS) is 1. The Morgan fingerprint density at radius 3 is 2.44 bits per heavy atom. The Hall–Kier alpha value is -2.50. The third-order valence-electron chi connectivity index (χ3n) is 5.93. The number of anilines is 1. The van der Waals surface area contributed by atoms with Crippen LogP contribution in [-0.2, 0) is 6.18 Å². The molecule has 2 N–H and O–H groups in total. The highest BCUT2D eigenvalue weighted by Crippen LogP contribution is 2.56. The lowest BCUT2D eigenvalue weighted by atomic mass is 9.75. The monoisotopic (exact) mass is 375 g/mol. The number of nitrogens with one attached hydrogen (secondary N) is 1. The van der Waals surface area contributed by atoms with Gasteiger partial charge in [0.1, 0.15) is 0 Å². The summed E-state index contributed by atoms with van der Waals surface area (Å²) in [5.41, 5.74) is 1.83. The first-order valence-corrected chi connectivity index (χ1v) is 9.08. The summed E-state index contributed by atoms with van der Waals surface area (Å²) < 4.78 is 41.3. The Kier molecular flexibility index (Phi) is 4.17. The van der Waals surface area contributed by atoms with Crippen molar-refractivity contribution in [1.82, 2.24) is 0 Å². The molecule has 27 heavy (non-hydrogen) atoms. The van der Waals surface area contributed by atoms with Gasteiger partial charge in [-0.3, -0.25) is 0 Å². The van der Waals surface area contributed by atoms with Crippen LogP contribution in [0.1, 0.15) is 63.8 Å². The van der Waals surface area contributed by atoms with Crippen molar-refractivity contribution in [1.29, 1.82) is 0 Å². The van der Waals surface area contributed by atoms with Crippen LogP contribution in [0.25, 0.3) is 0 Å². The van der Waals surface area contributed by atoms with Crippen LogP contribution in [0.3, 0.4) is 0 Å². The maximum atomic E-state index is 13.8. The first-order valence-electron chi connectivity index (χ1n) is 9.08. The van der Waals surface area contributed by atoms with Crippen LogP contribution < -0.4 is 5.32 Å². The molecule has 0 amide bonds. The summed E-state index contributed by atoms with van der Waals surface area (Å²) in [6, 6.07) is 9.78. The molecule has 0 radical (unpaired) electrons. The summed E-state index contributed by atoms with van der Waals surface area (Å²) in [4.78, 5) is 11.1. The van der Waals surface area contributed by atoms with Gasteiger partial charge < -0.3 is 10.4 Å². The van der Waals surface area contributed by atoms with E-state index in [-0.39, 0.29) is 29.0 Å². The molecule has 4 rings (SSSR count). The van der Waals surface area contributed by atoms with Crippen molar-refractivity contribution in [3.05, 3.63) is 64.2 Å². The van der Waals surface area contributed by atoms with Crippen molar-refractivity contribution in [2.75, 3.05) is 5.32 Å². The number of aryl methyl sites for hydroxylation is 1. The van der Waals surface area contributed by atoms with Gasteiger partial charge in [0.25, 0.3) is 0 Å². The van der Waals surface area contributed by atoms with Crippen LogP contribution in [0.4, 0.5) is 18.9 Å². The lowest BCUT2D eigenvalue weighted by Crippen LogP contribution is -2.31. The minimum Gasteiger partial charge on any atom is -0.478 e. The Morgan fingerprint density at radius 2 is 1.81 bits per heavy atom. The van der Waals surface area contributed by atoms with Crippen molar-refractivity contribution in [3.63, 3.8) is 0 Å². The lowest BCUT2D eigenvalue weighted by Gasteiger charge is -2.39. The first kappa shape index (κ1) is 17.9. The number of hydrogen-bond donors (Lipinski definition) is 2. The predicted molar refractivity (Wildman–Crippen MR) is 96.0 cm³/mol. The van der Waals surface area contributed by atoms with Crippen LogP contribution in [0, 0.1) is 12.8 Å². The van der Waals surface area contributed by atoms with E-state index in [1.807, 2.05) is 0 Å². The van der Waals surface area contributed by atoms with E-state index in [0.29, 0.717) is 11.3 Å². The van der Waals surface area contributed by atoms with Gasteiger partial charge in [-0.05, 0) is 66.5 Å². The molecule has 0 unspecified atom stereocenters. The molecule has 142 valence electrons. The van der Waals surface area contributed by atoms with Crippen LogP contribution >= 0.6 is 0 Å². The van der Waals surface area contributed by atoms with E-state index in [4.69, 9.17) is 5.11 Å². The fourth-order valence-corrected chi connectivity index (χ4v) is 4.80. The van der Waals surface area contributed by atoms with Crippen LogP contribution in [-0.4, -0.2) is 11.1 Å². The number of alkyl halides is 3. The van der Waals surface area contributed by atoms with Gasteiger partial charge >= 0.3 is 12.1 Å². The summed E-state index contributed by atoms with van der Waals surface area (Å²) in [7, 11) is 0. The Labute approximate surface area is 155 Å². The average Bonchev–Trinajstić information content (AvgIpc) is 3.10. The maximum absolute atomic E-state index is 13.8. The zero-order chi connectivity index (χ0) is 19.3. The van der Waals surface area contributed by atoms with Gasteiger partial charge in [-0.15, -0.1) is 0 Å². The molecule has 2 aromatic carbocycles. The number of carbonyl (C=O) groups is 1. The third-order valence-corrected chi connectivity index (χ3v) is 5.93. The summed E-state index contributed by atoms with van der Waals surface area (Å²) in [6.07, 6.45) is -1.88. The molecule has 1 saturated carbocycles. The van der Waals surface area contributed by atoms with E-state index in [9.17, 15) is 18.0 Å². The molecule has 0 spiro atoms. The molecule has 0 bridgehead atoms. The van der Waals surface area contributed by atoms with Crippen molar-refractivity contribution in [2.45, 2.75) is 44.3 Å². The topological polar surface area (TPSA) is 49.3 Å². The molecule has 6 heteroatoms. The second-order valence-corrected chi connectivity index (χ2v) is 7.47. The smallest absolute Gasteiger partial charge is 0.417 e. The summed E-state index contributed by atoms with van der Waals surface area (Å²) in [6.45, 7) is 1.52. The molecular weight excluding hydrogens is 355 g/mol. The second-order valence-electron chi connectivity index (χ2n) is 7.47. The molecule has 1 heterocycles. The van der Waals surface area contributed by atoms with Gasteiger partial charge in [0.2, 0.25) is 0 Å². The largest absolute Gasteiger partial charge is 0.478 e. The normalized spacial score (nSPS) is 24.1. The molecule has 1 aliphatic carbocycles. The fourth-order valence-electron chi connectivity index (χ4n) is 4.80. The van der Waals surface area contributed by atoms with Crippen LogP contribution in [0.15, 0.2) is 36.4 Å². The molecule has 0 saturated heterocycles. The van der Waals surface area contributed by atoms with Gasteiger partial charge in [0, 0.05) is 5.69 Å². The van der Waals surface area contributed by atoms with E-state index in [1.165, 1.54) is 13.0 Å². The van der Waals surface area contributed by atoms with Gasteiger partial charge in [-0.2, -0.15) is 13.2 Å². The number of aromatic carboxylic acids is 1. The zero-order valence-corrected chi connectivity index (χ0v) is 14.8. The van der Waals surface area contributed by atoms with Crippen LogP contribution in [0.2, 0.25) is 0 Å². The number of fused-ring (bicyclic) bond motifs is 3. The van der Waals surface area contributed by atoms with Crippen molar-refractivity contribution >= 4 is 11.7 Å². The molecule has 2 aromatic rings. The van der Waals surface area contributed by atoms with Gasteiger partial charge in [-0.1, -0.05) is 24.6 Å². The van der Waals surface area contributed by atoms with E-state index < -0.39 is 17.7 Å². The predicted octanol–water partition coefficient (Wildman–Crippen LogP) is 5.76. The van der Waals surface area contributed by atoms with Gasteiger partial charge in [0.05, 0.1) is 17.2 Å². The van der Waals surface area contributed by atoms with Crippen molar-refractivity contribution in [3.8, 4) is 0 Å². The van der Waals surface area contributed by atoms with Gasteiger partial charge in [-0.25, -0.2) is 4.79 Å². The van der Waals surface area contributed by atoms with E-state index in [2.05, 4.69) is 5.32 Å². The average molecular weight is 375 g/mol. The quantitative estimate of drug-likeness (QED) is 0.701. The lowest BCUT2D eigenvalue weighted by molar-refractivity contribution is -0.139. The number of benzene rings is 2. The molecular formula is C21H20F3NO2. The van der Waals surface area contributed by atoms with Crippen molar-refractivity contribution < 1.29 is 23.1 Å². The standard InChI is InChI=1S/C21H20F3NO2/c1-11-5-10-16-17(18(11)21(22,23)24)14-3-2-4-15(14)19(25-16)12-6-8-13(9-7-12)20(26)27/h5-10,14-15,19,25H,2-4H2,1H3,(H,26,27)/t14-,15+,19+/m1/s1. The van der Waals surface area contributed by atoms with E-state index >= 15 is 0 Å². The molecule has 2 aliphatic rings. The molecule has 3 nitrogen and oxygen atoms in total. The number of hydrogen-bond acceptors (Lipinski definition) is 2. The summed E-state index contributed by atoms with van der Waals surface area (Å²) in [5.74, 6) is -1.06. The van der Waals surface area contributed by atoms with E-state index in [1.54, 1.807) is 30.3 Å². The van der Waals surface area contributed by atoms with E-state index in [0.717, 1.165) is 24.8 Å². The highest BCUT2D eigenvalue weighted by Gasteiger charge is 2.46. The minimum absolute atomic E-state index is 0.0658. The zero-order valence-electron chi connectivity index (χ0n) is 14.8. The summed E-state index contributed by atoms with van der Waals surface area (Å²) >= 11 is 0. The Balaban J connectivity index is 1.80. The number of rotatable bonds is 2. The third kappa shape index (κ3) is 2.97. The highest BCUT2D eigenvalue weighted by atomic mass is 19.4. The Bertz CT molecular complexity index is 890. The second kappa shape index (κ2) is 6.29. The van der Waals surface area contributed by atoms with Crippen molar-refractivity contribution in [2.24, 2.45) is 5.92 Å². The highest BCUT2D eigenvalue weighted by molar-refractivity contribution is 5.87. The minimum atomic E-state index is -4.37. The first-order chi connectivity index (χ1) is 12.8. The summed E-state index contributed by atoms with van der Waals surface area (Å²) in [5, 5.41) is 12.4. The molecule has 3 atom stereocenters. The number of carboxylic acids is 1. The van der Waals surface area contributed by atoms with Gasteiger partial charge in [0.15, 0.2) is 0 Å².